The maximum absolute atomic E-state index is 11.9. The molecule has 0 atom stereocenters. The van der Waals surface area contributed by atoms with Gasteiger partial charge < -0.3 is 10.2 Å². The van der Waals surface area contributed by atoms with Gasteiger partial charge in [0.2, 0.25) is 0 Å². The van der Waals surface area contributed by atoms with Crippen LogP contribution in [0.15, 0.2) is 42.5 Å². The number of phenols is 2. The monoisotopic (exact) mass is 286 g/mol. The van der Waals surface area contributed by atoms with E-state index in [2.05, 4.69) is 10.9 Å². The second kappa shape index (κ2) is 5.96. The van der Waals surface area contributed by atoms with Gasteiger partial charge in [0, 0.05) is 11.1 Å². The number of benzene rings is 2. The maximum Gasteiger partial charge on any atom is 0.269 e. The van der Waals surface area contributed by atoms with Crippen LogP contribution in [-0.4, -0.2) is 22.0 Å². The zero-order valence-electron chi connectivity index (χ0n) is 11.3. The van der Waals surface area contributed by atoms with Crippen molar-refractivity contribution >= 4 is 11.8 Å². The quantitative estimate of drug-likeness (QED) is 0.496. The van der Waals surface area contributed by atoms with E-state index in [-0.39, 0.29) is 11.3 Å². The largest absolute Gasteiger partial charge is 0.504 e. The van der Waals surface area contributed by atoms with Gasteiger partial charge in [0.15, 0.2) is 11.5 Å². The standard InChI is InChI=1S/C15H14N2O4/c1-9-4-2-3-5-11(9)15(21)17-16-14(20)10-6-7-12(18)13(19)8-10/h2-8,18-19H,1H3,(H,16,20)(H,17,21). The highest BCUT2D eigenvalue weighted by Crippen LogP contribution is 2.24. The molecule has 108 valence electrons. The fourth-order valence-electron chi connectivity index (χ4n) is 1.75. The molecule has 2 aromatic carbocycles. The first kappa shape index (κ1) is 14.4. The average molecular weight is 286 g/mol. The number of carbonyl (C=O) groups excluding carboxylic acids is 2. The molecule has 6 heteroatoms. The van der Waals surface area contributed by atoms with Crippen LogP contribution in [0.2, 0.25) is 0 Å². The lowest BCUT2D eigenvalue weighted by molar-refractivity contribution is 0.0846. The number of hydrazine groups is 1. The first-order valence-corrected chi connectivity index (χ1v) is 6.17. The molecule has 0 aliphatic carbocycles. The Morgan fingerprint density at radius 3 is 2.24 bits per heavy atom. The molecule has 0 fully saturated rings. The number of hydrogen-bond acceptors (Lipinski definition) is 4. The third-order valence-corrected chi connectivity index (χ3v) is 2.92. The van der Waals surface area contributed by atoms with E-state index < -0.39 is 17.6 Å². The van der Waals surface area contributed by atoms with Crippen LogP contribution in [0.5, 0.6) is 11.5 Å². The van der Waals surface area contributed by atoms with Gasteiger partial charge in [0.05, 0.1) is 0 Å². The van der Waals surface area contributed by atoms with Crippen molar-refractivity contribution in [2.45, 2.75) is 6.92 Å². The summed E-state index contributed by atoms with van der Waals surface area (Å²) < 4.78 is 0. The molecule has 21 heavy (non-hydrogen) atoms. The SMILES string of the molecule is Cc1ccccc1C(=O)NNC(=O)c1ccc(O)c(O)c1. The van der Waals surface area contributed by atoms with Crippen LogP contribution < -0.4 is 10.9 Å². The summed E-state index contributed by atoms with van der Waals surface area (Å²) in [7, 11) is 0. The summed E-state index contributed by atoms with van der Waals surface area (Å²) in [5.41, 5.74) is 5.87. The Labute approximate surface area is 121 Å². The molecule has 0 bridgehead atoms. The molecule has 2 amide bonds. The van der Waals surface area contributed by atoms with Gasteiger partial charge >= 0.3 is 0 Å². The van der Waals surface area contributed by atoms with E-state index in [9.17, 15) is 19.8 Å². The van der Waals surface area contributed by atoms with Crippen molar-refractivity contribution < 1.29 is 19.8 Å². The van der Waals surface area contributed by atoms with Gasteiger partial charge in [0.1, 0.15) is 0 Å². The summed E-state index contributed by atoms with van der Waals surface area (Å²) >= 11 is 0. The van der Waals surface area contributed by atoms with E-state index >= 15 is 0 Å². The lowest BCUT2D eigenvalue weighted by atomic mass is 10.1. The predicted molar refractivity (Wildman–Crippen MR) is 75.9 cm³/mol. The topological polar surface area (TPSA) is 98.7 Å². The van der Waals surface area contributed by atoms with Crippen molar-refractivity contribution in [3.05, 3.63) is 59.2 Å². The Kier molecular flexibility index (Phi) is 4.08. The van der Waals surface area contributed by atoms with Crippen LogP contribution in [0.25, 0.3) is 0 Å². The number of carbonyl (C=O) groups is 2. The highest BCUT2D eigenvalue weighted by atomic mass is 16.3. The minimum Gasteiger partial charge on any atom is -0.504 e. The molecule has 0 heterocycles. The highest BCUT2D eigenvalue weighted by Gasteiger charge is 2.12. The number of aromatic hydroxyl groups is 2. The number of hydrogen-bond donors (Lipinski definition) is 4. The fraction of sp³-hybridized carbons (Fsp3) is 0.0667. The summed E-state index contributed by atoms with van der Waals surface area (Å²) in [6.07, 6.45) is 0. The maximum atomic E-state index is 11.9. The van der Waals surface area contributed by atoms with E-state index in [1.165, 1.54) is 12.1 Å². The van der Waals surface area contributed by atoms with Gasteiger partial charge in [-0.05, 0) is 36.8 Å². The van der Waals surface area contributed by atoms with Gasteiger partial charge in [-0.25, -0.2) is 0 Å². The number of rotatable bonds is 2. The number of phenolic OH excluding ortho intramolecular Hbond substituents is 2. The van der Waals surface area contributed by atoms with Crippen molar-refractivity contribution in [1.82, 2.24) is 10.9 Å². The molecule has 2 aromatic rings. The third kappa shape index (κ3) is 3.30. The Bertz CT molecular complexity index is 698. The molecule has 2 rings (SSSR count). The first-order valence-electron chi connectivity index (χ1n) is 6.17. The van der Waals surface area contributed by atoms with E-state index in [1.54, 1.807) is 25.1 Å². The summed E-state index contributed by atoms with van der Waals surface area (Å²) in [5.74, 6) is -1.78. The smallest absolute Gasteiger partial charge is 0.269 e. The molecule has 4 N–H and O–H groups in total. The molecule has 0 radical (unpaired) electrons. The first-order chi connectivity index (χ1) is 9.99. The van der Waals surface area contributed by atoms with Crippen LogP contribution in [-0.2, 0) is 0 Å². The molecule has 0 saturated heterocycles. The third-order valence-electron chi connectivity index (χ3n) is 2.92. The van der Waals surface area contributed by atoms with E-state index in [0.717, 1.165) is 11.6 Å². The molecular weight excluding hydrogens is 272 g/mol. The molecule has 0 aliphatic rings. The van der Waals surface area contributed by atoms with Crippen LogP contribution >= 0.6 is 0 Å². The van der Waals surface area contributed by atoms with E-state index in [1.807, 2.05) is 6.07 Å². The Morgan fingerprint density at radius 2 is 1.57 bits per heavy atom. The molecule has 0 aliphatic heterocycles. The lowest BCUT2D eigenvalue weighted by Crippen LogP contribution is -2.41. The van der Waals surface area contributed by atoms with Crippen molar-refractivity contribution in [2.75, 3.05) is 0 Å². The highest BCUT2D eigenvalue weighted by molar-refractivity contribution is 5.99. The zero-order chi connectivity index (χ0) is 15.4. The lowest BCUT2D eigenvalue weighted by Gasteiger charge is -2.09. The van der Waals surface area contributed by atoms with Gasteiger partial charge in [-0.2, -0.15) is 0 Å². The van der Waals surface area contributed by atoms with Crippen LogP contribution in [0.3, 0.4) is 0 Å². The zero-order valence-corrected chi connectivity index (χ0v) is 11.3. The average Bonchev–Trinajstić information content (AvgIpc) is 2.47. The fourth-order valence-corrected chi connectivity index (χ4v) is 1.75. The Morgan fingerprint density at radius 1 is 0.905 bits per heavy atom. The minimum absolute atomic E-state index is 0.107. The number of amides is 2. The van der Waals surface area contributed by atoms with Crippen LogP contribution in [0.1, 0.15) is 26.3 Å². The van der Waals surface area contributed by atoms with Crippen molar-refractivity contribution in [1.29, 1.82) is 0 Å². The van der Waals surface area contributed by atoms with Gasteiger partial charge in [-0.3, -0.25) is 20.4 Å². The number of nitrogens with one attached hydrogen (secondary N) is 2. The van der Waals surface area contributed by atoms with Crippen LogP contribution in [0, 0.1) is 6.92 Å². The molecule has 0 saturated carbocycles. The van der Waals surface area contributed by atoms with Crippen LogP contribution in [0.4, 0.5) is 0 Å². The van der Waals surface area contributed by atoms with Crippen molar-refractivity contribution in [3.63, 3.8) is 0 Å². The second-order valence-corrected chi connectivity index (χ2v) is 4.43. The summed E-state index contributed by atoms with van der Waals surface area (Å²) in [6.45, 7) is 1.79. The minimum atomic E-state index is -0.604. The van der Waals surface area contributed by atoms with Gasteiger partial charge in [-0.15, -0.1) is 0 Å². The molecule has 0 unspecified atom stereocenters. The van der Waals surface area contributed by atoms with Gasteiger partial charge in [0.25, 0.3) is 11.8 Å². The number of aryl methyl sites for hydroxylation is 1. The summed E-state index contributed by atoms with van der Waals surface area (Å²) in [5, 5.41) is 18.5. The second-order valence-electron chi connectivity index (χ2n) is 4.43. The Balaban J connectivity index is 2.02. The van der Waals surface area contributed by atoms with Gasteiger partial charge in [-0.1, -0.05) is 18.2 Å². The van der Waals surface area contributed by atoms with E-state index in [4.69, 9.17) is 0 Å². The molecule has 0 aromatic heterocycles. The summed E-state index contributed by atoms with van der Waals surface area (Å²) in [4.78, 5) is 23.7. The van der Waals surface area contributed by atoms with Crippen molar-refractivity contribution in [3.8, 4) is 11.5 Å². The normalized spacial score (nSPS) is 9.95. The molecule has 0 spiro atoms. The molecule has 6 nitrogen and oxygen atoms in total. The Hall–Kier alpha value is -3.02. The summed E-state index contributed by atoms with van der Waals surface area (Å²) in [6, 6.07) is 10.6. The van der Waals surface area contributed by atoms with Crippen molar-refractivity contribution in [2.24, 2.45) is 0 Å². The predicted octanol–water partition coefficient (Wildman–Crippen LogP) is 1.48. The van der Waals surface area contributed by atoms with E-state index in [0.29, 0.717) is 5.56 Å². The molecular formula is C15H14N2O4.